The minimum atomic E-state index is -1.68. The van der Waals surface area contributed by atoms with Gasteiger partial charge in [-0.1, -0.05) is 0 Å². The van der Waals surface area contributed by atoms with Crippen molar-refractivity contribution in [1.82, 2.24) is 4.98 Å². The first-order valence-corrected chi connectivity index (χ1v) is 6.62. The van der Waals surface area contributed by atoms with Crippen LogP contribution in [0.15, 0.2) is 24.5 Å². The van der Waals surface area contributed by atoms with Crippen molar-refractivity contribution in [2.75, 3.05) is 31.2 Å². The Balaban J connectivity index is 1.96. The highest BCUT2D eigenvalue weighted by molar-refractivity contribution is 5.44. The number of ether oxygens (including phenoxy) is 1. The summed E-state index contributed by atoms with van der Waals surface area (Å²) < 4.78 is 59.9. The third kappa shape index (κ3) is 2.61. The van der Waals surface area contributed by atoms with Crippen LogP contribution in [-0.4, -0.2) is 31.3 Å². The number of nitrogens with zero attached hydrogens (tertiary/aromatic N) is 3. The van der Waals surface area contributed by atoms with E-state index >= 15 is 0 Å². The lowest BCUT2D eigenvalue weighted by Crippen LogP contribution is -2.38. The van der Waals surface area contributed by atoms with Crippen LogP contribution < -0.4 is 9.47 Å². The van der Waals surface area contributed by atoms with E-state index in [-0.39, 0.29) is 0 Å². The van der Waals surface area contributed by atoms with Crippen LogP contribution in [0.5, 0.6) is 0 Å². The van der Waals surface area contributed by atoms with E-state index in [1.165, 1.54) is 12.4 Å². The molecule has 0 unspecified atom stereocenters. The van der Waals surface area contributed by atoms with Gasteiger partial charge in [0.2, 0.25) is 0 Å². The van der Waals surface area contributed by atoms with Gasteiger partial charge in [-0.25, -0.2) is 0 Å². The van der Waals surface area contributed by atoms with Gasteiger partial charge in [-0.2, -0.15) is 27.1 Å². The minimum absolute atomic E-state index is 0.596. The quantitative estimate of drug-likeness (QED) is 0.480. The smallest absolute Gasteiger partial charge is 0.292 e. The maximum atomic E-state index is 13.7. The van der Waals surface area contributed by atoms with Gasteiger partial charge in [0, 0.05) is 30.9 Å². The fourth-order valence-electron chi connectivity index (χ4n) is 2.30. The summed E-state index contributed by atoms with van der Waals surface area (Å²) in [5.74, 6) is -6.44. The first-order valence-electron chi connectivity index (χ1n) is 6.62. The Hall–Kier alpha value is -2.22. The Morgan fingerprint density at radius 3 is 2.05 bits per heavy atom. The van der Waals surface area contributed by atoms with E-state index in [9.17, 15) is 17.6 Å². The first-order chi connectivity index (χ1) is 10.6. The molecule has 0 aliphatic carbocycles. The molecule has 1 saturated heterocycles. The number of rotatable bonds is 2. The van der Waals surface area contributed by atoms with Crippen LogP contribution in [0.3, 0.4) is 0 Å². The monoisotopic (exact) mass is 314 g/mol. The van der Waals surface area contributed by atoms with Crippen LogP contribution in [-0.2, 0) is 4.74 Å². The van der Waals surface area contributed by atoms with Gasteiger partial charge in [0.1, 0.15) is 0 Å². The molecule has 0 N–H and O–H groups in total. The maximum Gasteiger partial charge on any atom is 0.292 e. The molecule has 8 heteroatoms. The van der Waals surface area contributed by atoms with Gasteiger partial charge in [-0.3, -0.25) is 0 Å². The fraction of sp³-hybridized carbons (Fsp3) is 0.286. The molecule has 116 valence electrons. The van der Waals surface area contributed by atoms with Gasteiger partial charge in [0.25, 0.3) is 29.2 Å². The zero-order chi connectivity index (χ0) is 15.7. The fourth-order valence-corrected chi connectivity index (χ4v) is 2.30. The average Bonchev–Trinajstić information content (AvgIpc) is 2.55. The van der Waals surface area contributed by atoms with E-state index in [4.69, 9.17) is 4.74 Å². The van der Waals surface area contributed by atoms with Gasteiger partial charge in [0.15, 0.2) is 12.4 Å². The van der Waals surface area contributed by atoms with Gasteiger partial charge >= 0.3 is 0 Å². The molecule has 4 nitrogen and oxygen atoms in total. The van der Waals surface area contributed by atoms with Crippen molar-refractivity contribution in [2.45, 2.75) is 0 Å². The topological polar surface area (TPSA) is 29.2 Å². The van der Waals surface area contributed by atoms with Crippen LogP contribution in [0.25, 0.3) is 5.69 Å². The molecule has 2 aromatic heterocycles. The molecule has 0 spiro atoms. The van der Waals surface area contributed by atoms with E-state index in [0.29, 0.717) is 26.3 Å². The number of pyridine rings is 2. The molecule has 2 aromatic rings. The molecule has 0 aromatic carbocycles. The molecule has 0 radical (unpaired) electrons. The van der Waals surface area contributed by atoms with Crippen molar-refractivity contribution in [3.05, 3.63) is 48.1 Å². The minimum Gasteiger partial charge on any atom is -0.378 e. The Morgan fingerprint density at radius 2 is 1.50 bits per heavy atom. The summed E-state index contributed by atoms with van der Waals surface area (Å²) in [6, 6.07) is 3.22. The van der Waals surface area contributed by atoms with Gasteiger partial charge < -0.3 is 9.64 Å². The molecular formula is C14H12F4N3O+. The van der Waals surface area contributed by atoms with Crippen molar-refractivity contribution < 1.29 is 26.9 Å². The van der Waals surface area contributed by atoms with Crippen LogP contribution in [0.1, 0.15) is 0 Å². The molecule has 3 heterocycles. The Bertz CT molecular complexity index is 661. The highest BCUT2D eigenvalue weighted by Crippen LogP contribution is 2.18. The summed E-state index contributed by atoms with van der Waals surface area (Å²) in [5.41, 5.74) is -0.00565. The van der Waals surface area contributed by atoms with E-state index in [1.807, 2.05) is 4.90 Å². The van der Waals surface area contributed by atoms with Crippen LogP contribution in [0, 0.1) is 23.5 Å². The van der Waals surface area contributed by atoms with Crippen molar-refractivity contribution in [3.8, 4) is 5.69 Å². The van der Waals surface area contributed by atoms with Crippen LogP contribution in [0.4, 0.5) is 23.2 Å². The Kier molecular flexibility index (Phi) is 3.93. The van der Waals surface area contributed by atoms with Crippen molar-refractivity contribution in [1.29, 1.82) is 0 Å². The number of anilines is 1. The number of hydrogen-bond donors (Lipinski definition) is 0. The highest BCUT2D eigenvalue weighted by Gasteiger charge is 2.28. The second-order valence-electron chi connectivity index (χ2n) is 4.73. The van der Waals surface area contributed by atoms with Crippen molar-refractivity contribution >= 4 is 5.69 Å². The molecule has 0 saturated carbocycles. The molecule has 1 fully saturated rings. The molecule has 22 heavy (non-hydrogen) atoms. The highest BCUT2D eigenvalue weighted by atomic mass is 19.2. The van der Waals surface area contributed by atoms with E-state index in [0.717, 1.165) is 10.3 Å². The van der Waals surface area contributed by atoms with Gasteiger partial charge in [-0.05, 0) is 0 Å². The molecule has 0 atom stereocenters. The lowest BCUT2D eigenvalue weighted by Gasteiger charge is -2.28. The second-order valence-corrected chi connectivity index (χ2v) is 4.73. The summed E-state index contributed by atoms with van der Waals surface area (Å²) in [4.78, 5) is 4.57. The third-order valence-electron chi connectivity index (χ3n) is 3.42. The number of aromatic nitrogens is 2. The predicted octanol–water partition coefficient (Wildman–Crippen LogP) is 1.75. The maximum absolute atomic E-state index is 13.7. The van der Waals surface area contributed by atoms with E-state index in [1.54, 1.807) is 12.1 Å². The SMILES string of the molecule is Fc1nc(F)c(F)c(-[n+]2ccc(N3CCOCC3)cc2)c1F. The molecule has 1 aliphatic rings. The molecule has 0 bridgehead atoms. The molecule has 0 amide bonds. The lowest BCUT2D eigenvalue weighted by molar-refractivity contribution is -0.600. The van der Waals surface area contributed by atoms with Crippen molar-refractivity contribution in [3.63, 3.8) is 0 Å². The number of morpholine rings is 1. The van der Waals surface area contributed by atoms with Crippen LogP contribution in [0.2, 0.25) is 0 Å². The number of hydrogen-bond acceptors (Lipinski definition) is 3. The standard InChI is InChI=1S/C14H12F4N3O/c15-10-12(11(16)14(18)19-13(10)17)21-3-1-9(2-4-21)20-5-7-22-8-6-20/h1-4H,5-8H2/q+1. The first kappa shape index (κ1) is 14.7. The molecule has 3 rings (SSSR count). The zero-order valence-corrected chi connectivity index (χ0v) is 11.4. The summed E-state index contributed by atoms with van der Waals surface area (Å²) in [7, 11) is 0. The number of halogens is 4. The summed E-state index contributed by atoms with van der Waals surface area (Å²) in [6.45, 7) is 2.59. The largest absolute Gasteiger partial charge is 0.378 e. The normalized spacial score (nSPS) is 15.2. The second kappa shape index (κ2) is 5.88. The average molecular weight is 314 g/mol. The zero-order valence-electron chi connectivity index (χ0n) is 11.4. The Labute approximate surface area is 123 Å². The molecule has 1 aliphatic heterocycles. The van der Waals surface area contributed by atoms with E-state index in [2.05, 4.69) is 4.98 Å². The van der Waals surface area contributed by atoms with Gasteiger partial charge in [0.05, 0.1) is 13.2 Å². The lowest BCUT2D eigenvalue weighted by atomic mass is 10.3. The summed E-state index contributed by atoms with van der Waals surface area (Å²) in [6.07, 6.45) is 2.68. The summed E-state index contributed by atoms with van der Waals surface area (Å²) >= 11 is 0. The van der Waals surface area contributed by atoms with Crippen LogP contribution >= 0.6 is 0 Å². The molecular weight excluding hydrogens is 302 g/mol. The van der Waals surface area contributed by atoms with Gasteiger partial charge in [-0.15, -0.1) is 0 Å². The van der Waals surface area contributed by atoms with Crippen molar-refractivity contribution in [2.24, 2.45) is 0 Å². The Morgan fingerprint density at radius 1 is 0.955 bits per heavy atom. The van der Waals surface area contributed by atoms with E-state index < -0.39 is 29.2 Å². The predicted molar refractivity (Wildman–Crippen MR) is 68.6 cm³/mol. The summed E-state index contributed by atoms with van der Waals surface area (Å²) in [5, 5.41) is 0. The third-order valence-corrected chi connectivity index (χ3v) is 3.42.